The van der Waals surface area contributed by atoms with Crippen LogP contribution in [-0.4, -0.2) is 24.2 Å². The van der Waals surface area contributed by atoms with Crippen LogP contribution in [0.5, 0.6) is 11.5 Å². The van der Waals surface area contributed by atoms with Gasteiger partial charge in [0.15, 0.2) is 11.5 Å². The minimum absolute atomic E-state index is 0.612. The number of hydrogen-bond acceptors (Lipinski definition) is 6. The van der Waals surface area contributed by atoms with Gasteiger partial charge in [-0.15, -0.1) is 0 Å². The predicted molar refractivity (Wildman–Crippen MR) is 103 cm³/mol. The van der Waals surface area contributed by atoms with Crippen LogP contribution in [0.4, 0.5) is 17.3 Å². The second-order valence-corrected chi connectivity index (χ2v) is 5.77. The molecule has 26 heavy (non-hydrogen) atoms. The summed E-state index contributed by atoms with van der Waals surface area (Å²) in [5.74, 6) is 2.90. The van der Waals surface area contributed by atoms with Crippen LogP contribution in [0.25, 0.3) is 0 Å². The molecule has 0 atom stereocenters. The van der Waals surface area contributed by atoms with Crippen molar-refractivity contribution in [2.24, 2.45) is 0 Å². The van der Waals surface area contributed by atoms with E-state index in [0.717, 1.165) is 28.5 Å². The highest BCUT2D eigenvalue weighted by Crippen LogP contribution is 2.28. The molecule has 6 nitrogen and oxygen atoms in total. The highest BCUT2D eigenvalue weighted by Gasteiger charge is 2.06. The van der Waals surface area contributed by atoms with Gasteiger partial charge in [0, 0.05) is 18.3 Å². The molecule has 3 aromatic rings. The molecule has 3 rings (SSSR count). The number of hydrogen-bond donors (Lipinski definition) is 2. The van der Waals surface area contributed by atoms with Crippen molar-refractivity contribution in [3.63, 3.8) is 0 Å². The van der Waals surface area contributed by atoms with Crippen molar-refractivity contribution >= 4 is 17.3 Å². The van der Waals surface area contributed by atoms with Gasteiger partial charge in [0.05, 0.1) is 14.2 Å². The second-order valence-electron chi connectivity index (χ2n) is 5.77. The number of benzene rings is 2. The summed E-state index contributed by atoms with van der Waals surface area (Å²) in [4.78, 5) is 8.56. The molecule has 0 fully saturated rings. The van der Waals surface area contributed by atoms with Crippen molar-refractivity contribution in [3.8, 4) is 11.5 Å². The maximum Gasteiger partial charge on any atom is 0.161 e. The van der Waals surface area contributed by atoms with Gasteiger partial charge in [-0.2, -0.15) is 0 Å². The number of methoxy groups -OCH3 is 2. The summed E-state index contributed by atoms with van der Waals surface area (Å²) in [5, 5.41) is 6.62. The first-order valence-corrected chi connectivity index (χ1v) is 8.29. The van der Waals surface area contributed by atoms with E-state index in [1.165, 1.54) is 6.33 Å². The number of nitrogens with zero attached hydrogens (tertiary/aromatic N) is 2. The minimum atomic E-state index is 0.612. The molecule has 0 unspecified atom stereocenters. The largest absolute Gasteiger partial charge is 0.493 e. The maximum absolute atomic E-state index is 5.34. The van der Waals surface area contributed by atoms with Crippen molar-refractivity contribution in [3.05, 3.63) is 66.0 Å². The fourth-order valence-corrected chi connectivity index (χ4v) is 2.56. The predicted octanol–water partition coefficient (Wildman–Crippen LogP) is 4.16. The van der Waals surface area contributed by atoms with E-state index < -0.39 is 0 Å². The summed E-state index contributed by atoms with van der Waals surface area (Å²) in [6.07, 6.45) is 1.54. The number of rotatable bonds is 7. The average Bonchev–Trinajstić information content (AvgIpc) is 2.68. The zero-order valence-corrected chi connectivity index (χ0v) is 15.1. The fourth-order valence-electron chi connectivity index (χ4n) is 2.56. The second kappa shape index (κ2) is 8.20. The van der Waals surface area contributed by atoms with Gasteiger partial charge in [-0.1, -0.05) is 24.3 Å². The summed E-state index contributed by atoms with van der Waals surface area (Å²) in [7, 11) is 3.25. The Morgan fingerprint density at radius 3 is 2.42 bits per heavy atom. The standard InChI is InChI=1S/C20H22N4O2/c1-14-6-4-5-7-16(14)24-20-11-19(22-13-23-20)21-12-15-8-9-17(25-2)18(10-15)26-3/h4-11,13H,12H2,1-3H3,(H2,21,22,23,24). The summed E-state index contributed by atoms with van der Waals surface area (Å²) in [5.41, 5.74) is 3.25. The maximum atomic E-state index is 5.34. The van der Waals surface area contributed by atoms with Gasteiger partial charge in [-0.3, -0.25) is 0 Å². The van der Waals surface area contributed by atoms with Crippen LogP contribution in [0.3, 0.4) is 0 Å². The zero-order valence-electron chi connectivity index (χ0n) is 15.1. The number of aryl methyl sites for hydroxylation is 1. The van der Waals surface area contributed by atoms with Crippen LogP contribution in [0.15, 0.2) is 54.9 Å². The quantitative estimate of drug-likeness (QED) is 0.667. The first-order valence-electron chi connectivity index (χ1n) is 8.29. The molecule has 1 heterocycles. The number of anilines is 3. The molecular weight excluding hydrogens is 328 g/mol. The number of nitrogens with one attached hydrogen (secondary N) is 2. The van der Waals surface area contributed by atoms with Crippen LogP contribution in [0.1, 0.15) is 11.1 Å². The fraction of sp³-hybridized carbons (Fsp3) is 0.200. The highest BCUT2D eigenvalue weighted by atomic mass is 16.5. The van der Waals surface area contributed by atoms with E-state index in [1.54, 1.807) is 14.2 Å². The van der Waals surface area contributed by atoms with Crippen molar-refractivity contribution in [2.45, 2.75) is 13.5 Å². The molecule has 2 aromatic carbocycles. The van der Waals surface area contributed by atoms with Gasteiger partial charge in [0.1, 0.15) is 18.0 Å². The molecule has 0 aliphatic heterocycles. The third-order valence-corrected chi connectivity index (χ3v) is 4.00. The monoisotopic (exact) mass is 350 g/mol. The Morgan fingerprint density at radius 2 is 1.65 bits per heavy atom. The zero-order chi connectivity index (χ0) is 18.4. The lowest BCUT2D eigenvalue weighted by Gasteiger charge is -2.12. The first-order chi connectivity index (χ1) is 12.7. The van der Waals surface area contributed by atoms with Gasteiger partial charge >= 0.3 is 0 Å². The van der Waals surface area contributed by atoms with E-state index in [-0.39, 0.29) is 0 Å². The van der Waals surface area contributed by atoms with Crippen LogP contribution >= 0.6 is 0 Å². The van der Waals surface area contributed by atoms with Crippen molar-refractivity contribution < 1.29 is 9.47 Å². The van der Waals surface area contributed by atoms with Crippen molar-refractivity contribution in [2.75, 3.05) is 24.9 Å². The van der Waals surface area contributed by atoms with E-state index >= 15 is 0 Å². The lowest BCUT2D eigenvalue weighted by molar-refractivity contribution is 0.354. The third-order valence-electron chi connectivity index (χ3n) is 4.00. The van der Waals surface area contributed by atoms with Gasteiger partial charge in [-0.05, 0) is 36.2 Å². The third kappa shape index (κ3) is 4.22. The summed E-state index contributed by atoms with van der Waals surface area (Å²) in [6.45, 7) is 2.67. The summed E-state index contributed by atoms with van der Waals surface area (Å²) in [6, 6.07) is 15.8. The van der Waals surface area contributed by atoms with E-state index in [1.807, 2.05) is 42.5 Å². The van der Waals surface area contributed by atoms with Gasteiger partial charge in [0.2, 0.25) is 0 Å². The molecule has 0 amide bonds. The lowest BCUT2D eigenvalue weighted by Crippen LogP contribution is -2.04. The smallest absolute Gasteiger partial charge is 0.161 e. The average molecular weight is 350 g/mol. The Hall–Kier alpha value is -3.28. The molecule has 0 radical (unpaired) electrons. The molecule has 0 saturated carbocycles. The van der Waals surface area contributed by atoms with E-state index in [4.69, 9.17) is 9.47 Å². The molecule has 1 aromatic heterocycles. The Balaban J connectivity index is 1.68. The van der Waals surface area contributed by atoms with Gasteiger partial charge < -0.3 is 20.1 Å². The number of para-hydroxylation sites is 1. The molecule has 0 aliphatic rings. The van der Waals surface area contributed by atoms with Gasteiger partial charge in [-0.25, -0.2) is 9.97 Å². The highest BCUT2D eigenvalue weighted by molar-refractivity contribution is 5.62. The van der Waals surface area contributed by atoms with Crippen molar-refractivity contribution in [1.82, 2.24) is 9.97 Å². The van der Waals surface area contributed by atoms with E-state index in [9.17, 15) is 0 Å². The Labute approximate surface area is 153 Å². The van der Waals surface area contributed by atoms with E-state index in [2.05, 4.69) is 33.6 Å². The Morgan fingerprint density at radius 1 is 0.885 bits per heavy atom. The summed E-state index contributed by atoms with van der Waals surface area (Å²) >= 11 is 0. The minimum Gasteiger partial charge on any atom is -0.493 e. The SMILES string of the molecule is COc1ccc(CNc2cc(Nc3ccccc3C)ncn2)cc1OC. The van der Waals surface area contributed by atoms with Gasteiger partial charge in [0.25, 0.3) is 0 Å². The van der Waals surface area contributed by atoms with Crippen LogP contribution < -0.4 is 20.1 Å². The molecule has 2 N–H and O–H groups in total. The number of aromatic nitrogens is 2. The van der Waals surface area contributed by atoms with Crippen LogP contribution in [-0.2, 0) is 6.54 Å². The van der Waals surface area contributed by atoms with Crippen LogP contribution in [0.2, 0.25) is 0 Å². The Kier molecular flexibility index (Phi) is 5.53. The lowest BCUT2D eigenvalue weighted by atomic mass is 10.2. The molecule has 0 aliphatic carbocycles. The van der Waals surface area contributed by atoms with Crippen molar-refractivity contribution in [1.29, 1.82) is 0 Å². The topological polar surface area (TPSA) is 68.3 Å². The summed E-state index contributed by atoms with van der Waals surface area (Å²) < 4.78 is 10.6. The van der Waals surface area contributed by atoms with E-state index in [0.29, 0.717) is 18.0 Å². The normalized spacial score (nSPS) is 10.3. The molecule has 134 valence electrons. The first kappa shape index (κ1) is 17.5. The van der Waals surface area contributed by atoms with Crippen LogP contribution in [0, 0.1) is 6.92 Å². The molecule has 0 spiro atoms. The number of ether oxygens (including phenoxy) is 2. The molecule has 0 saturated heterocycles. The molecule has 0 bridgehead atoms. The molecule has 6 heteroatoms. The Bertz CT molecular complexity index is 883. The molecular formula is C20H22N4O2.